The summed E-state index contributed by atoms with van der Waals surface area (Å²) in [5, 5.41) is 11.9. The number of rotatable bonds is 5. The Balaban J connectivity index is 1.64. The SMILES string of the molecule is N#Cc1cccc(C(=O)NCc2ccccc2CN2CCCCC2)c1. The molecule has 2 aromatic carbocycles. The van der Waals surface area contributed by atoms with Gasteiger partial charge in [-0.25, -0.2) is 0 Å². The third-order valence-corrected chi connectivity index (χ3v) is 4.65. The summed E-state index contributed by atoms with van der Waals surface area (Å²) in [6, 6.07) is 17.1. The summed E-state index contributed by atoms with van der Waals surface area (Å²) in [6.45, 7) is 3.75. The molecule has 0 saturated carbocycles. The van der Waals surface area contributed by atoms with Crippen molar-refractivity contribution in [3.05, 3.63) is 70.8 Å². The van der Waals surface area contributed by atoms with E-state index >= 15 is 0 Å². The number of carbonyl (C=O) groups excluding carboxylic acids is 1. The van der Waals surface area contributed by atoms with E-state index in [0.717, 1.165) is 25.2 Å². The van der Waals surface area contributed by atoms with Gasteiger partial charge in [-0.05, 0) is 55.3 Å². The zero-order valence-corrected chi connectivity index (χ0v) is 14.4. The second-order valence-electron chi connectivity index (χ2n) is 6.48. The van der Waals surface area contributed by atoms with E-state index in [0.29, 0.717) is 17.7 Å². The van der Waals surface area contributed by atoms with E-state index in [2.05, 4.69) is 34.5 Å². The van der Waals surface area contributed by atoms with Crippen molar-refractivity contribution >= 4 is 5.91 Å². The van der Waals surface area contributed by atoms with Gasteiger partial charge in [-0.3, -0.25) is 9.69 Å². The molecular formula is C21H23N3O. The second-order valence-corrected chi connectivity index (χ2v) is 6.48. The molecule has 4 heteroatoms. The van der Waals surface area contributed by atoms with E-state index in [1.807, 2.05) is 6.07 Å². The van der Waals surface area contributed by atoms with Gasteiger partial charge >= 0.3 is 0 Å². The van der Waals surface area contributed by atoms with Gasteiger partial charge in [-0.1, -0.05) is 36.8 Å². The zero-order valence-electron chi connectivity index (χ0n) is 14.4. The van der Waals surface area contributed by atoms with Crippen molar-refractivity contribution in [3.8, 4) is 6.07 Å². The summed E-state index contributed by atoms with van der Waals surface area (Å²) >= 11 is 0. The van der Waals surface area contributed by atoms with Crippen molar-refractivity contribution in [2.24, 2.45) is 0 Å². The highest BCUT2D eigenvalue weighted by Crippen LogP contribution is 2.16. The monoisotopic (exact) mass is 333 g/mol. The minimum absolute atomic E-state index is 0.148. The highest BCUT2D eigenvalue weighted by molar-refractivity contribution is 5.94. The molecule has 3 rings (SSSR count). The maximum Gasteiger partial charge on any atom is 0.251 e. The van der Waals surface area contributed by atoms with Crippen LogP contribution in [-0.4, -0.2) is 23.9 Å². The number of hydrogen-bond donors (Lipinski definition) is 1. The smallest absolute Gasteiger partial charge is 0.251 e. The number of benzene rings is 2. The molecule has 25 heavy (non-hydrogen) atoms. The maximum atomic E-state index is 12.4. The molecule has 1 heterocycles. The zero-order chi connectivity index (χ0) is 17.5. The number of nitrogens with zero attached hydrogens (tertiary/aromatic N) is 2. The molecule has 1 fully saturated rings. The lowest BCUT2D eigenvalue weighted by atomic mass is 10.0. The van der Waals surface area contributed by atoms with Gasteiger partial charge in [0.2, 0.25) is 0 Å². The Bertz CT molecular complexity index is 773. The largest absolute Gasteiger partial charge is 0.348 e. The molecule has 1 amide bonds. The summed E-state index contributed by atoms with van der Waals surface area (Å²) in [4.78, 5) is 14.8. The topological polar surface area (TPSA) is 56.1 Å². The fourth-order valence-corrected chi connectivity index (χ4v) is 3.25. The molecule has 0 radical (unpaired) electrons. The van der Waals surface area contributed by atoms with Crippen molar-refractivity contribution in [2.75, 3.05) is 13.1 Å². The van der Waals surface area contributed by atoms with E-state index in [1.54, 1.807) is 24.3 Å². The first-order valence-electron chi connectivity index (χ1n) is 8.84. The van der Waals surface area contributed by atoms with Crippen LogP contribution in [0.2, 0.25) is 0 Å². The lowest BCUT2D eigenvalue weighted by Crippen LogP contribution is -2.30. The molecule has 0 aromatic heterocycles. The predicted molar refractivity (Wildman–Crippen MR) is 97.9 cm³/mol. The number of amides is 1. The maximum absolute atomic E-state index is 12.4. The third kappa shape index (κ3) is 4.68. The van der Waals surface area contributed by atoms with Gasteiger partial charge in [-0.2, -0.15) is 5.26 Å². The summed E-state index contributed by atoms with van der Waals surface area (Å²) < 4.78 is 0. The molecule has 0 aliphatic carbocycles. The summed E-state index contributed by atoms with van der Waals surface area (Å²) in [6.07, 6.45) is 3.87. The van der Waals surface area contributed by atoms with Gasteiger partial charge in [-0.15, -0.1) is 0 Å². The van der Waals surface area contributed by atoms with Crippen LogP contribution in [0.15, 0.2) is 48.5 Å². The van der Waals surface area contributed by atoms with Crippen LogP contribution in [0.1, 0.15) is 46.3 Å². The van der Waals surface area contributed by atoms with Crippen molar-refractivity contribution < 1.29 is 4.79 Å². The van der Waals surface area contributed by atoms with Crippen molar-refractivity contribution in [1.29, 1.82) is 5.26 Å². The Morgan fingerprint density at radius 3 is 2.56 bits per heavy atom. The van der Waals surface area contributed by atoms with Gasteiger partial charge in [0.25, 0.3) is 5.91 Å². The van der Waals surface area contributed by atoms with Gasteiger partial charge < -0.3 is 5.32 Å². The fourth-order valence-electron chi connectivity index (χ4n) is 3.25. The quantitative estimate of drug-likeness (QED) is 0.911. The van der Waals surface area contributed by atoms with Crippen molar-refractivity contribution in [1.82, 2.24) is 10.2 Å². The normalized spacial score (nSPS) is 14.7. The summed E-state index contributed by atoms with van der Waals surface area (Å²) in [5.41, 5.74) is 3.44. The lowest BCUT2D eigenvalue weighted by Gasteiger charge is -2.27. The van der Waals surface area contributed by atoms with Gasteiger partial charge in [0.1, 0.15) is 0 Å². The predicted octanol–water partition coefficient (Wildman–Crippen LogP) is 3.47. The Labute approximate surface area is 149 Å². The highest BCUT2D eigenvalue weighted by atomic mass is 16.1. The van der Waals surface area contributed by atoms with E-state index in [-0.39, 0.29) is 5.91 Å². The molecule has 2 aromatic rings. The first-order chi connectivity index (χ1) is 12.3. The molecule has 0 spiro atoms. The van der Waals surface area contributed by atoms with E-state index in [9.17, 15) is 4.79 Å². The Morgan fingerprint density at radius 2 is 1.80 bits per heavy atom. The van der Waals surface area contributed by atoms with E-state index < -0.39 is 0 Å². The fraction of sp³-hybridized carbons (Fsp3) is 0.333. The molecule has 1 N–H and O–H groups in total. The minimum atomic E-state index is -0.148. The first kappa shape index (κ1) is 17.2. The molecular weight excluding hydrogens is 310 g/mol. The summed E-state index contributed by atoms with van der Waals surface area (Å²) in [5.74, 6) is -0.148. The van der Waals surface area contributed by atoms with Crippen LogP contribution >= 0.6 is 0 Å². The Hall–Kier alpha value is -2.64. The van der Waals surface area contributed by atoms with Crippen LogP contribution < -0.4 is 5.32 Å². The number of nitrogens with one attached hydrogen (secondary N) is 1. The minimum Gasteiger partial charge on any atom is -0.348 e. The van der Waals surface area contributed by atoms with Gasteiger partial charge in [0.05, 0.1) is 11.6 Å². The first-order valence-corrected chi connectivity index (χ1v) is 8.84. The second kappa shape index (κ2) is 8.46. The van der Waals surface area contributed by atoms with Crippen molar-refractivity contribution in [2.45, 2.75) is 32.4 Å². The molecule has 0 unspecified atom stereocenters. The van der Waals surface area contributed by atoms with E-state index in [1.165, 1.54) is 24.8 Å². The molecule has 0 bridgehead atoms. The molecule has 1 aliphatic rings. The third-order valence-electron chi connectivity index (χ3n) is 4.65. The van der Waals surface area contributed by atoms with Crippen LogP contribution in [0.4, 0.5) is 0 Å². The molecule has 0 atom stereocenters. The van der Waals surface area contributed by atoms with E-state index in [4.69, 9.17) is 5.26 Å². The average molecular weight is 333 g/mol. The van der Waals surface area contributed by atoms with Crippen molar-refractivity contribution in [3.63, 3.8) is 0 Å². The molecule has 4 nitrogen and oxygen atoms in total. The number of piperidine rings is 1. The highest BCUT2D eigenvalue weighted by Gasteiger charge is 2.13. The standard InChI is InChI=1S/C21H23N3O/c22-14-17-7-6-10-18(13-17)21(25)23-15-19-8-2-3-9-20(19)16-24-11-4-1-5-12-24/h2-3,6-10,13H,1,4-5,11-12,15-16H2,(H,23,25). The van der Waals surface area contributed by atoms with Crippen LogP contribution in [0.5, 0.6) is 0 Å². The number of carbonyl (C=O) groups is 1. The molecule has 1 saturated heterocycles. The summed E-state index contributed by atoms with van der Waals surface area (Å²) in [7, 11) is 0. The Morgan fingerprint density at radius 1 is 1.04 bits per heavy atom. The Kier molecular flexibility index (Phi) is 5.81. The number of hydrogen-bond acceptors (Lipinski definition) is 3. The number of likely N-dealkylation sites (tertiary alicyclic amines) is 1. The van der Waals surface area contributed by atoms with Gasteiger partial charge in [0.15, 0.2) is 0 Å². The lowest BCUT2D eigenvalue weighted by molar-refractivity contribution is 0.0950. The van der Waals surface area contributed by atoms with Crippen LogP contribution in [-0.2, 0) is 13.1 Å². The number of nitriles is 1. The van der Waals surface area contributed by atoms with Crippen LogP contribution in [0, 0.1) is 11.3 Å². The average Bonchev–Trinajstić information content (AvgIpc) is 2.68. The van der Waals surface area contributed by atoms with Crippen LogP contribution in [0.25, 0.3) is 0 Å². The van der Waals surface area contributed by atoms with Crippen LogP contribution in [0.3, 0.4) is 0 Å². The van der Waals surface area contributed by atoms with Gasteiger partial charge in [0, 0.05) is 18.7 Å². The molecule has 1 aliphatic heterocycles. The molecule has 128 valence electrons.